The highest BCUT2D eigenvalue weighted by molar-refractivity contribution is 5.79. The summed E-state index contributed by atoms with van der Waals surface area (Å²) < 4.78 is 15.6. The predicted octanol–water partition coefficient (Wildman–Crippen LogP) is 1.21. The van der Waals surface area contributed by atoms with E-state index in [0.29, 0.717) is 6.42 Å². The fraction of sp³-hybridized carbons (Fsp3) is 0.786. The van der Waals surface area contributed by atoms with Crippen LogP contribution in [0.2, 0.25) is 0 Å². The molecular weight excluding hydrogens is 264 g/mol. The zero-order chi connectivity index (χ0) is 15.0. The first-order valence-corrected chi connectivity index (χ1v) is 6.84. The van der Waals surface area contributed by atoms with Crippen LogP contribution in [-0.4, -0.2) is 36.7 Å². The number of hydrogen-bond donors (Lipinski definition) is 0. The first-order chi connectivity index (χ1) is 9.29. The molecule has 0 amide bonds. The number of ether oxygens (including phenoxy) is 3. The number of carbonyl (C=O) groups is 3. The zero-order valence-corrected chi connectivity index (χ0v) is 12.1. The van der Waals surface area contributed by atoms with Crippen molar-refractivity contribution in [3.8, 4) is 0 Å². The Morgan fingerprint density at radius 3 is 2.50 bits per heavy atom. The van der Waals surface area contributed by atoms with Crippen molar-refractivity contribution in [1.29, 1.82) is 0 Å². The number of rotatable bonds is 4. The van der Waals surface area contributed by atoms with Crippen LogP contribution in [0.5, 0.6) is 0 Å². The van der Waals surface area contributed by atoms with Crippen LogP contribution in [0.3, 0.4) is 0 Å². The number of cyclic esters (lactones) is 2. The second kappa shape index (κ2) is 5.07. The molecule has 0 aromatic carbocycles. The first-order valence-electron chi connectivity index (χ1n) is 6.84. The summed E-state index contributed by atoms with van der Waals surface area (Å²) in [4.78, 5) is 35.0. The van der Waals surface area contributed by atoms with Gasteiger partial charge >= 0.3 is 17.9 Å². The van der Waals surface area contributed by atoms with Gasteiger partial charge in [0.1, 0.15) is 6.61 Å². The van der Waals surface area contributed by atoms with Crippen LogP contribution in [0.1, 0.15) is 40.0 Å². The van der Waals surface area contributed by atoms with Gasteiger partial charge in [-0.05, 0) is 20.3 Å². The molecule has 2 aliphatic rings. The molecule has 6 nitrogen and oxygen atoms in total. The van der Waals surface area contributed by atoms with Crippen molar-refractivity contribution in [3.05, 3.63) is 0 Å². The number of esters is 3. The molecule has 20 heavy (non-hydrogen) atoms. The van der Waals surface area contributed by atoms with Gasteiger partial charge in [-0.15, -0.1) is 0 Å². The fourth-order valence-corrected chi connectivity index (χ4v) is 2.28. The molecule has 2 fully saturated rings. The van der Waals surface area contributed by atoms with E-state index >= 15 is 0 Å². The molecule has 0 aliphatic carbocycles. The number of carbonyl (C=O) groups excluding carboxylic acids is 3. The Morgan fingerprint density at radius 2 is 2.05 bits per heavy atom. The summed E-state index contributed by atoms with van der Waals surface area (Å²) >= 11 is 0. The van der Waals surface area contributed by atoms with Crippen LogP contribution < -0.4 is 0 Å². The lowest BCUT2D eigenvalue weighted by atomic mass is 9.84. The van der Waals surface area contributed by atoms with Crippen LogP contribution in [0, 0.1) is 11.3 Å². The second-order valence-corrected chi connectivity index (χ2v) is 6.11. The maximum absolute atomic E-state index is 12.3. The molecule has 0 aromatic heterocycles. The maximum atomic E-state index is 12.3. The molecule has 2 unspecified atom stereocenters. The van der Waals surface area contributed by atoms with Gasteiger partial charge in [-0.25, -0.2) is 0 Å². The van der Waals surface area contributed by atoms with E-state index in [1.807, 2.05) is 6.92 Å². The Bertz CT molecular complexity index is 441. The van der Waals surface area contributed by atoms with Gasteiger partial charge in [0, 0.05) is 5.92 Å². The monoisotopic (exact) mass is 284 g/mol. The van der Waals surface area contributed by atoms with Gasteiger partial charge in [-0.1, -0.05) is 6.92 Å². The van der Waals surface area contributed by atoms with Crippen molar-refractivity contribution in [2.75, 3.05) is 13.2 Å². The minimum atomic E-state index is -1.06. The highest BCUT2D eigenvalue weighted by atomic mass is 16.6. The summed E-state index contributed by atoms with van der Waals surface area (Å²) in [5, 5.41) is 0. The van der Waals surface area contributed by atoms with Crippen molar-refractivity contribution >= 4 is 17.9 Å². The maximum Gasteiger partial charge on any atom is 0.312 e. The first kappa shape index (κ1) is 14.8. The van der Waals surface area contributed by atoms with Gasteiger partial charge in [0.2, 0.25) is 0 Å². The average Bonchev–Trinajstić information content (AvgIpc) is 2.97. The standard InChI is InChI=1S/C14H20O6/c1-4-13(2,3)12(17)20-14(6-11(16)19-8-14)9-5-10(15)18-7-9/h9H,4-8H2,1-3H3. The smallest absolute Gasteiger partial charge is 0.312 e. The molecule has 0 N–H and O–H groups in total. The molecule has 0 saturated carbocycles. The molecule has 2 heterocycles. The largest absolute Gasteiger partial charge is 0.465 e. The van der Waals surface area contributed by atoms with E-state index in [9.17, 15) is 14.4 Å². The molecular formula is C14H20O6. The quantitative estimate of drug-likeness (QED) is 0.570. The summed E-state index contributed by atoms with van der Waals surface area (Å²) in [6, 6.07) is 0. The van der Waals surface area contributed by atoms with Crippen molar-refractivity contribution in [1.82, 2.24) is 0 Å². The Balaban J connectivity index is 2.18. The molecule has 2 atom stereocenters. The Kier molecular flexibility index (Phi) is 3.75. The molecule has 0 aromatic rings. The third-order valence-corrected chi connectivity index (χ3v) is 4.26. The topological polar surface area (TPSA) is 78.9 Å². The molecule has 2 saturated heterocycles. The summed E-state index contributed by atoms with van der Waals surface area (Å²) in [5.41, 5.74) is -1.70. The minimum absolute atomic E-state index is 0.00132. The van der Waals surface area contributed by atoms with Gasteiger partial charge in [0.15, 0.2) is 5.60 Å². The lowest BCUT2D eigenvalue weighted by Gasteiger charge is -2.34. The van der Waals surface area contributed by atoms with Crippen molar-refractivity contribution in [3.63, 3.8) is 0 Å². The fourth-order valence-electron chi connectivity index (χ4n) is 2.28. The van der Waals surface area contributed by atoms with E-state index in [2.05, 4.69) is 0 Å². The van der Waals surface area contributed by atoms with Gasteiger partial charge in [-0.2, -0.15) is 0 Å². The second-order valence-electron chi connectivity index (χ2n) is 6.11. The van der Waals surface area contributed by atoms with Crippen molar-refractivity contribution in [2.45, 2.75) is 45.6 Å². The van der Waals surface area contributed by atoms with Gasteiger partial charge in [0.05, 0.1) is 24.9 Å². The van der Waals surface area contributed by atoms with Gasteiger partial charge < -0.3 is 14.2 Å². The molecule has 0 radical (unpaired) electrons. The molecule has 112 valence electrons. The summed E-state index contributed by atoms with van der Waals surface area (Å²) in [5.74, 6) is -1.44. The third kappa shape index (κ3) is 2.64. The Labute approximate surface area is 117 Å². The van der Waals surface area contributed by atoms with E-state index in [0.717, 1.165) is 0 Å². The Hall–Kier alpha value is -1.59. The minimum Gasteiger partial charge on any atom is -0.465 e. The highest BCUT2D eigenvalue weighted by Crippen LogP contribution is 2.39. The summed E-state index contributed by atoms with van der Waals surface area (Å²) in [6.45, 7) is 5.63. The van der Waals surface area contributed by atoms with E-state index in [-0.39, 0.29) is 43.9 Å². The van der Waals surface area contributed by atoms with Crippen LogP contribution in [-0.2, 0) is 28.6 Å². The van der Waals surface area contributed by atoms with Crippen LogP contribution in [0.4, 0.5) is 0 Å². The molecule has 0 bridgehead atoms. The molecule has 0 spiro atoms. The van der Waals surface area contributed by atoms with E-state index in [4.69, 9.17) is 14.2 Å². The van der Waals surface area contributed by atoms with Gasteiger partial charge in [-0.3, -0.25) is 14.4 Å². The highest BCUT2D eigenvalue weighted by Gasteiger charge is 2.54. The molecule has 6 heteroatoms. The lowest BCUT2D eigenvalue weighted by Crippen LogP contribution is -2.46. The van der Waals surface area contributed by atoms with E-state index in [1.54, 1.807) is 13.8 Å². The summed E-state index contributed by atoms with van der Waals surface area (Å²) in [7, 11) is 0. The van der Waals surface area contributed by atoms with Crippen molar-refractivity contribution < 1.29 is 28.6 Å². The summed E-state index contributed by atoms with van der Waals surface area (Å²) in [6.07, 6.45) is 0.757. The predicted molar refractivity (Wildman–Crippen MR) is 67.5 cm³/mol. The van der Waals surface area contributed by atoms with Crippen LogP contribution >= 0.6 is 0 Å². The van der Waals surface area contributed by atoms with Crippen LogP contribution in [0.25, 0.3) is 0 Å². The molecule has 2 rings (SSSR count). The van der Waals surface area contributed by atoms with Crippen LogP contribution in [0.15, 0.2) is 0 Å². The average molecular weight is 284 g/mol. The third-order valence-electron chi connectivity index (χ3n) is 4.26. The lowest BCUT2D eigenvalue weighted by molar-refractivity contribution is -0.177. The van der Waals surface area contributed by atoms with Crippen molar-refractivity contribution in [2.24, 2.45) is 11.3 Å². The van der Waals surface area contributed by atoms with Gasteiger partial charge in [0.25, 0.3) is 0 Å². The normalized spacial score (nSPS) is 30.1. The zero-order valence-electron chi connectivity index (χ0n) is 12.1. The Morgan fingerprint density at radius 1 is 1.35 bits per heavy atom. The number of hydrogen-bond acceptors (Lipinski definition) is 6. The SMILES string of the molecule is CCC(C)(C)C(=O)OC1(C2COC(=O)C2)COC(=O)C1. The van der Waals surface area contributed by atoms with E-state index < -0.39 is 17.0 Å². The van der Waals surface area contributed by atoms with E-state index in [1.165, 1.54) is 0 Å². The molecule has 2 aliphatic heterocycles.